The standard InChI is InChI=1S/C13H23NO5/c1-3-4-5-6-7-11(16)12(17)14-10(13(18)19)8-9(2)15/h9-10,15H,3-8H2,1-2H3,(H,14,17)(H,18,19)/t9-,10+/m0/s1. The first-order valence-corrected chi connectivity index (χ1v) is 6.63. The van der Waals surface area contributed by atoms with Crippen molar-refractivity contribution in [3.63, 3.8) is 0 Å². The fraction of sp³-hybridized carbons (Fsp3) is 0.769. The highest BCUT2D eigenvalue weighted by molar-refractivity contribution is 6.36. The first kappa shape index (κ1) is 17.6. The summed E-state index contributed by atoms with van der Waals surface area (Å²) in [6.07, 6.45) is 2.71. The number of carbonyl (C=O) groups excluding carboxylic acids is 2. The third kappa shape index (κ3) is 8.31. The molecule has 0 aromatic rings. The average Bonchev–Trinajstić information content (AvgIpc) is 2.32. The number of hydrogen-bond donors (Lipinski definition) is 3. The van der Waals surface area contributed by atoms with Crippen molar-refractivity contribution in [3.8, 4) is 0 Å². The molecule has 0 bridgehead atoms. The molecule has 0 aliphatic carbocycles. The predicted molar refractivity (Wildman–Crippen MR) is 69.6 cm³/mol. The van der Waals surface area contributed by atoms with Gasteiger partial charge in [-0.2, -0.15) is 0 Å². The quantitative estimate of drug-likeness (QED) is 0.404. The molecule has 6 heteroatoms. The third-order valence-electron chi connectivity index (χ3n) is 2.69. The molecule has 110 valence electrons. The number of nitrogens with one attached hydrogen (secondary N) is 1. The Morgan fingerprint density at radius 3 is 2.26 bits per heavy atom. The summed E-state index contributed by atoms with van der Waals surface area (Å²) in [6.45, 7) is 3.47. The summed E-state index contributed by atoms with van der Waals surface area (Å²) in [5.41, 5.74) is 0. The van der Waals surface area contributed by atoms with Crippen LogP contribution in [-0.2, 0) is 14.4 Å². The van der Waals surface area contributed by atoms with Crippen LogP contribution < -0.4 is 5.32 Å². The molecule has 0 fully saturated rings. The van der Waals surface area contributed by atoms with Gasteiger partial charge in [-0.3, -0.25) is 9.59 Å². The fourth-order valence-corrected chi connectivity index (χ4v) is 1.63. The number of unbranched alkanes of at least 4 members (excludes halogenated alkanes) is 3. The molecule has 0 saturated heterocycles. The van der Waals surface area contributed by atoms with Gasteiger partial charge in [0, 0.05) is 12.8 Å². The minimum Gasteiger partial charge on any atom is -0.480 e. The van der Waals surface area contributed by atoms with Gasteiger partial charge in [0.25, 0.3) is 5.91 Å². The maximum absolute atomic E-state index is 11.5. The van der Waals surface area contributed by atoms with Crippen LogP contribution in [-0.4, -0.2) is 40.0 Å². The summed E-state index contributed by atoms with van der Waals surface area (Å²) in [7, 11) is 0. The Bertz CT molecular complexity index is 314. The highest BCUT2D eigenvalue weighted by Gasteiger charge is 2.24. The Labute approximate surface area is 113 Å². The maximum Gasteiger partial charge on any atom is 0.326 e. The molecular weight excluding hydrogens is 250 g/mol. The number of aliphatic carboxylic acids is 1. The summed E-state index contributed by atoms with van der Waals surface area (Å²) in [6, 6.07) is -1.23. The normalized spacial score (nSPS) is 13.6. The van der Waals surface area contributed by atoms with Gasteiger partial charge in [0.2, 0.25) is 5.78 Å². The van der Waals surface area contributed by atoms with Crippen molar-refractivity contribution in [3.05, 3.63) is 0 Å². The number of amides is 1. The lowest BCUT2D eigenvalue weighted by molar-refractivity contribution is -0.145. The number of carboxylic acids is 1. The average molecular weight is 273 g/mol. The van der Waals surface area contributed by atoms with Gasteiger partial charge in [-0.05, 0) is 13.3 Å². The van der Waals surface area contributed by atoms with E-state index < -0.39 is 29.8 Å². The number of aliphatic hydroxyl groups is 1. The second-order valence-electron chi connectivity index (χ2n) is 4.68. The first-order chi connectivity index (χ1) is 8.88. The monoisotopic (exact) mass is 273 g/mol. The van der Waals surface area contributed by atoms with Crippen molar-refractivity contribution in [2.24, 2.45) is 0 Å². The van der Waals surface area contributed by atoms with Crippen molar-refractivity contribution in [1.29, 1.82) is 0 Å². The lowest BCUT2D eigenvalue weighted by Gasteiger charge is -2.15. The van der Waals surface area contributed by atoms with Crippen LogP contribution in [0.3, 0.4) is 0 Å². The van der Waals surface area contributed by atoms with E-state index in [1.807, 2.05) is 6.92 Å². The molecule has 0 aromatic heterocycles. The summed E-state index contributed by atoms with van der Waals surface area (Å²) < 4.78 is 0. The Balaban J connectivity index is 4.16. The summed E-state index contributed by atoms with van der Waals surface area (Å²) >= 11 is 0. The molecule has 0 aromatic carbocycles. The van der Waals surface area contributed by atoms with Gasteiger partial charge in [0.05, 0.1) is 6.10 Å². The van der Waals surface area contributed by atoms with Crippen molar-refractivity contribution in [1.82, 2.24) is 5.32 Å². The second kappa shape index (κ2) is 9.49. The van der Waals surface area contributed by atoms with E-state index in [2.05, 4.69) is 5.32 Å². The highest BCUT2D eigenvalue weighted by atomic mass is 16.4. The maximum atomic E-state index is 11.5. The molecule has 1 amide bonds. The molecule has 6 nitrogen and oxygen atoms in total. The van der Waals surface area contributed by atoms with Crippen LogP contribution in [0, 0.1) is 0 Å². The van der Waals surface area contributed by atoms with Gasteiger partial charge in [0.1, 0.15) is 6.04 Å². The summed E-state index contributed by atoms with van der Waals surface area (Å²) in [5, 5.41) is 20.1. The van der Waals surface area contributed by atoms with Gasteiger partial charge in [-0.1, -0.05) is 26.2 Å². The molecule has 0 aliphatic rings. The zero-order valence-electron chi connectivity index (χ0n) is 11.5. The largest absolute Gasteiger partial charge is 0.480 e. The summed E-state index contributed by atoms with van der Waals surface area (Å²) in [5.74, 6) is -2.74. The highest BCUT2D eigenvalue weighted by Crippen LogP contribution is 2.04. The Morgan fingerprint density at radius 1 is 1.16 bits per heavy atom. The van der Waals surface area contributed by atoms with Crippen LogP contribution in [0.2, 0.25) is 0 Å². The van der Waals surface area contributed by atoms with Crippen LogP contribution in [0.15, 0.2) is 0 Å². The van der Waals surface area contributed by atoms with Crippen LogP contribution in [0.1, 0.15) is 52.4 Å². The predicted octanol–water partition coefficient (Wildman–Crippen LogP) is 0.866. The Hall–Kier alpha value is -1.43. The SMILES string of the molecule is CCCCCCC(=O)C(=O)N[C@H](C[C@H](C)O)C(=O)O. The van der Waals surface area contributed by atoms with Gasteiger partial charge < -0.3 is 15.5 Å². The molecule has 2 atom stereocenters. The number of carboxylic acid groups (broad SMARTS) is 1. The molecule has 3 N–H and O–H groups in total. The Kier molecular flexibility index (Phi) is 8.78. The van der Waals surface area contributed by atoms with E-state index in [1.54, 1.807) is 0 Å². The van der Waals surface area contributed by atoms with Crippen molar-refractivity contribution >= 4 is 17.7 Å². The minimum absolute atomic E-state index is 0.121. The molecule has 0 spiro atoms. The van der Waals surface area contributed by atoms with Crippen molar-refractivity contribution < 1.29 is 24.6 Å². The van der Waals surface area contributed by atoms with E-state index >= 15 is 0 Å². The van der Waals surface area contributed by atoms with Gasteiger partial charge >= 0.3 is 5.97 Å². The lowest BCUT2D eigenvalue weighted by Crippen LogP contribution is -2.45. The fourth-order valence-electron chi connectivity index (χ4n) is 1.63. The number of Topliss-reactive ketones (excluding diaryl/α,β-unsaturated/α-hetero) is 1. The van der Waals surface area contributed by atoms with E-state index in [0.29, 0.717) is 6.42 Å². The summed E-state index contributed by atoms with van der Waals surface area (Å²) in [4.78, 5) is 33.8. The molecule has 0 saturated carbocycles. The number of rotatable bonds is 10. The van der Waals surface area contributed by atoms with E-state index in [9.17, 15) is 14.4 Å². The van der Waals surface area contributed by atoms with Crippen molar-refractivity contribution in [2.75, 3.05) is 0 Å². The van der Waals surface area contributed by atoms with E-state index in [-0.39, 0.29) is 12.8 Å². The van der Waals surface area contributed by atoms with Gasteiger partial charge in [-0.25, -0.2) is 4.79 Å². The van der Waals surface area contributed by atoms with Crippen molar-refractivity contribution in [2.45, 2.75) is 64.5 Å². The molecular formula is C13H23NO5. The smallest absolute Gasteiger partial charge is 0.326 e. The molecule has 0 rings (SSSR count). The molecule has 0 unspecified atom stereocenters. The zero-order valence-corrected chi connectivity index (χ0v) is 11.5. The molecule has 19 heavy (non-hydrogen) atoms. The van der Waals surface area contributed by atoms with E-state index in [4.69, 9.17) is 10.2 Å². The third-order valence-corrected chi connectivity index (χ3v) is 2.69. The molecule has 0 aliphatic heterocycles. The number of carbonyl (C=O) groups is 3. The van der Waals surface area contributed by atoms with Crippen LogP contribution in [0.25, 0.3) is 0 Å². The van der Waals surface area contributed by atoms with Crippen LogP contribution in [0.4, 0.5) is 0 Å². The number of ketones is 1. The van der Waals surface area contributed by atoms with Gasteiger partial charge in [0.15, 0.2) is 0 Å². The van der Waals surface area contributed by atoms with Crippen LogP contribution in [0.5, 0.6) is 0 Å². The van der Waals surface area contributed by atoms with Crippen LogP contribution >= 0.6 is 0 Å². The lowest BCUT2D eigenvalue weighted by atomic mass is 10.1. The Morgan fingerprint density at radius 2 is 1.79 bits per heavy atom. The van der Waals surface area contributed by atoms with E-state index in [1.165, 1.54) is 6.92 Å². The topological polar surface area (TPSA) is 104 Å². The number of hydrogen-bond acceptors (Lipinski definition) is 4. The van der Waals surface area contributed by atoms with Gasteiger partial charge in [-0.15, -0.1) is 0 Å². The first-order valence-electron chi connectivity index (χ1n) is 6.63. The molecule has 0 heterocycles. The number of aliphatic hydroxyl groups excluding tert-OH is 1. The van der Waals surface area contributed by atoms with E-state index in [0.717, 1.165) is 19.3 Å². The molecule has 0 radical (unpaired) electrons. The zero-order chi connectivity index (χ0) is 14.8. The minimum atomic E-state index is -1.26. The second-order valence-corrected chi connectivity index (χ2v) is 4.68.